The molecular weight excluding hydrogens is 424 g/mol. The fourth-order valence-corrected chi connectivity index (χ4v) is 4.33. The molecule has 2 heterocycles. The monoisotopic (exact) mass is 448 g/mol. The fraction of sp³-hybridized carbons (Fsp3) is 0.200. The molecule has 0 fully saturated rings. The lowest BCUT2D eigenvalue weighted by molar-refractivity contribution is 0.0953. The Morgan fingerprint density at radius 2 is 1.78 bits per heavy atom. The Bertz CT molecular complexity index is 1210. The van der Waals surface area contributed by atoms with Gasteiger partial charge in [0.05, 0.1) is 28.5 Å². The molecule has 0 spiro atoms. The standard InChI is InChI=1S/C25H24N2O4S/c1-17-5-11-22(12-6-17)32(29)16-23-18(2)31-25(27-23)20-9-7-19(8-10-20)24(28)26-14-13-21-4-3-15-30-21/h3-12,15H,13-14,16H2,1-2H3,(H,26,28)/t32-/m1/s1. The summed E-state index contributed by atoms with van der Waals surface area (Å²) < 4.78 is 23.8. The Morgan fingerprint density at radius 1 is 1.03 bits per heavy atom. The summed E-state index contributed by atoms with van der Waals surface area (Å²) in [7, 11) is -1.20. The van der Waals surface area contributed by atoms with Gasteiger partial charge in [0, 0.05) is 29.0 Å². The molecule has 6 nitrogen and oxygen atoms in total. The second-order valence-electron chi connectivity index (χ2n) is 7.49. The van der Waals surface area contributed by atoms with Gasteiger partial charge in [-0.3, -0.25) is 9.00 Å². The van der Waals surface area contributed by atoms with Gasteiger partial charge in [-0.2, -0.15) is 0 Å². The molecule has 0 saturated carbocycles. The minimum atomic E-state index is -1.20. The molecule has 0 aliphatic rings. The molecule has 0 saturated heterocycles. The number of hydrogen-bond donors (Lipinski definition) is 1. The van der Waals surface area contributed by atoms with E-state index >= 15 is 0 Å². The molecule has 4 aromatic rings. The second-order valence-corrected chi connectivity index (χ2v) is 8.94. The normalized spacial score (nSPS) is 11.9. The van der Waals surface area contributed by atoms with Crippen molar-refractivity contribution < 1.29 is 17.8 Å². The maximum Gasteiger partial charge on any atom is 0.251 e. The topological polar surface area (TPSA) is 85.3 Å². The summed E-state index contributed by atoms with van der Waals surface area (Å²) in [4.78, 5) is 17.7. The zero-order valence-corrected chi connectivity index (χ0v) is 18.8. The number of aromatic nitrogens is 1. The Morgan fingerprint density at radius 3 is 2.47 bits per heavy atom. The minimum Gasteiger partial charge on any atom is -0.469 e. The van der Waals surface area contributed by atoms with Gasteiger partial charge < -0.3 is 14.2 Å². The number of rotatable bonds is 8. The average molecular weight is 449 g/mol. The van der Waals surface area contributed by atoms with Crippen molar-refractivity contribution >= 4 is 16.7 Å². The predicted octanol–water partition coefficient (Wildman–Crippen LogP) is 4.83. The highest BCUT2D eigenvalue weighted by Gasteiger charge is 2.16. The van der Waals surface area contributed by atoms with Crippen molar-refractivity contribution in [3.8, 4) is 11.5 Å². The van der Waals surface area contributed by atoms with Crippen molar-refractivity contribution in [2.45, 2.75) is 30.9 Å². The van der Waals surface area contributed by atoms with E-state index in [1.54, 1.807) is 30.5 Å². The van der Waals surface area contributed by atoms with E-state index in [0.717, 1.165) is 21.8 Å². The summed E-state index contributed by atoms with van der Waals surface area (Å²) in [5.74, 6) is 2.05. The molecule has 1 amide bonds. The number of amides is 1. The van der Waals surface area contributed by atoms with Gasteiger partial charge in [0.1, 0.15) is 11.5 Å². The van der Waals surface area contributed by atoms with E-state index in [0.29, 0.717) is 35.9 Å². The lowest BCUT2D eigenvalue weighted by Gasteiger charge is -2.04. The number of hydrogen-bond acceptors (Lipinski definition) is 5. The van der Waals surface area contributed by atoms with Crippen molar-refractivity contribution in [2.75, 3.05) is 6.54 Å². The first-order valence-corrected chi connectivity index (χ1v) is 11.6. The first kappa shape index (κ1) is 21.8. The van der Waals surface area contributed by atoms with Gasteiger partial charge in [0.15, 0.2) is 0 Å². The molecule has 2 aromatic heterocycles. The van der Waals surface area contributed by atoms with Crippen LogP contribution in [0.25, 0.3) is 11.5 Å². The van der Waals surface area contributed by atoms with Gasteiger partial charge in [-0.1, -0.05) is 17.7 Å². The van der Waals surface area contributed by atoms with Crippen LogP contribution in [0, 0.1) is 13.8 Å². The largest absolute Gasteiger partial charge is 0.469 e. The highest BCUT2D eigenvalue weighted by molar-refractivity contribution is 7.84. The van der Waals surface area contributed by atoms with Crippen LogP contribution in [-0.2, 0) is 23.0 Å². The van der Waals surface area contributed by atoms with E-state index in [1.165, 1.54) is 0 Å². The Hall–Kier alpha value is -3.45. The molecular formula is C25H24N2O4S. The lowest BCUT2D eigenvalue weighted by Crippen LogP contribution is -2.25. The van der Waals surface area contributed by atoms with E-state index in [4.69, 9.17) is 8.83 Å². The Kier molecular flexibility index (Phi) is 6.66. The van der Waals surface area contributed by atoms with Crippen LogP contribution in [0.3, 0.4) is 0 Å². The van der Waals surface area contributed by atoms with Gasteiger partial charge in [-0.05, 0) is 62.4 Å². The molecule has 2 aromatic carbocycles. The molecule has 1 N–H and O–H groups in total. The van der Waals surface area contributed by atoms with E-state index in [1.807, 2.05) is 50.2 Å². The highest BCUT2D eigenvalue weighted by atomic mass is 32.2. The molecule has 7 heteroatoms. The summed E-state index contributed by atoms with van der Waals surface area (Å²) in [6, 6.07) is 18.4. The number of aryl methyl sites for hydroxylation is 2. The van der Waals surface area contributed by atoms with E-state index in [-0.39, 0.29) is 11.7 Å². The molecule has 0 aliphatic heterocycles. The van der Waals surface area contributed by atoms with Gasteiger partial charge in [0.25, 0.3) is 5.91 Å². The SMILES string of the molecule is Cc1ccc([S@](=O)Cc2nc(-c3ccc(C(=O)NCCc4ccco4)cc3)oc2C)cc1. The molecule has 164 valence electrons. The van der Waals surface area contributed by atoms with Crippen molar-refractivity contribution in [3.63, 3.8) is 0 Å². The van der Waals surface area contributed by atoms with Crippen LogP contribution in [0.15, 0.2) is 80.7 Å². The number of nitrogens with one attached hydrogen (secondary N) is 1. The highest BCUT2D eigenvalue weighted by Crippen LogP contribution is 2.24. The summed E-state index contributed by atoms with van der Waals surface area (Å²) in [5.41, 5.74) is 3.10. The third kappa shape index (κ3) is 5.23. The second kappa shape index (κ2) is 9.78. The molecule has 0 bridgehead atoms. The first-order valence-electron chi connectivity index (χ1n) is 10.3. The van der Waals surface area contributed by atoms with Crippen LogP contribution in [0.2, 0.25) is 0 Å². The Balaban J connectivity index is 1.39. The summed E-state index contributed by atoms with van der Waals surface area (Å²) >= 11 is 0. The Labute approximate surface area is 189 Å². The van der Waals surface area contributed by atoms with E-state index in [9.17, 15) is 9.00 Å². The number of carbonyl (C=O) groups is 1. The molecule has 0 aliphatic carbocycles. The van der Waals surface area contributed by atoms with Crippen LogP contribution in [0.4, 0.5) is 0 Å². The molecule has 1 atom stereocenters. The molecule has 4 rings (SSSR count). The summed E-state index contributed by atoms with van der Waals surface area (Å²) in [5, 5.41) is 2.88. The third-order valence-corrected chi connectivity index (χ3v) is 6.41. The quantitative estimate of drug-likeness (QED) is 0.417. The van der Waals surface area contributed by atoms with Crippen molar-refractivity contribution in [1.82, 2.24) is 10.3 Å². The number of oxazole rings is 1. The van der Waals surface area contributed by atoms with Crippen LogP contribution in [0.1, 0.15) is 33.1 Å². The van der Waals surface area contributed by atoms with Crippen molar-refractivity contribution in [3.05, 3.63) is 95.3 Å². The maximum atomic E-state index is 12.7. The van der Waals surface area contributed by atoms with Gasteiger partial charge in [-0.15, -0.1) is 0 Å². The van der Waals surface area contributed by atoms with Crippen LogP contribution in [0.5, 0.6) is 0 Å². The zero-order valence-electron chi connectivity index (χ0n) is 18.0. The number of carbonyl (C=O) groups excluding carboxylic acids is 1. The fourth-order valence-electron chi connectivity index (χ4n) is 3.20. The lowest BCUT2D eigenvalue weighted by atomic mass is 10.1. The third-order valence-electron chi connectivity index (χ3n) is 5.08. The smallest absolute Gasteiger partial charge is 0.251 e. The number of furan rings is 1. The van der Waals surface area contributed by atoms with Gasteiger partial charge in [-0.25, -0.2) is 4.98 Å². The van der Waals surface area contributed by atoms with Crippen molar-refractivity contribution in [1.29, 1.82) is 0 Å². The number of benzene rings is 2. The number of nitrogens with zero attached hydrogens (tertiary/aromatic N) is 1. The molecule has 0 unspecified atom stereocenters. The van der Waals surface area contributed by atoms with Crippen LogP contribution in [-0.4, -0.2) is 21.6 Å². The average Bonchev–Trinajstić information content (AvgIpc) is 3.44. The predicted molar refractivity (Wildman–Crippen MR) is 123 cm³/mol. The molecule has 0 radical (unpaired) electrons. The minimum absolute atomic E-state index is 0.152. The first-order chi connectivity index (χ1) is 15.5. The van der Waals surface area contributed by atoms with Crippen LogP contribution < -0.4 is 5.32 Å². The van der Waals surface area contributed by atoms with E-state index in [2.05, 4.69) is 10.3 Å². The van der Waals surface area contributed by atoms with Crippen molar-refractivity contribution in [2.24, 2.45) is 0 Å². The van der Waals surface area contributed by atoms with Gasteiger partial charge >= 0.3 is 0 Å². The summed E-state index contributed by atoms with van der Waals surface area (Å²) in [6.45, 7) is 4.31. The van der Waals surface area contributed by atoms with Crippen LogP contribution >= 0.6 is 0 Å². The van der Waals surface area contributed by atoms with E-state index < -0.39 is 10.8 Å². The summed E-state index contributed by atoms with van der Waals surface area (Å²) in [6.07, 6.45) is 2.25. The maximum absolute atomic E-state index is 12.7. The molecule has 32 heavy (non-hydrogen) atoms. The zero-order chi connectivity index (χ0) is 22.5. The van der Waals surface area contributed by atoms with Gasteiger partial charge in [0.2, 0.25) is 5.89 Å².